The third kappa shape index (κ3) is 4.88. The van der Waals surface area contributed by atoms with E-state index in [0.717, 1.165) is 12.8 Å². The van der Waals surface area contributed by atoms with Crippen LogP contribution >= 0.6 is 11.8 Å². The molecule has 1 aromatic carbocycles. The molecule has 0 bridgehead atoms. The molecule has 0 saturated carbocycles. The van der Waals surface area contributed by atoms with Crippen LogP contribution in [-0.2, 0) is 14.8 Å². The number of pyridine rings is 1. The summed E-state index contributed by atoms with van der Waals surface area (Å²) in [6.07, 6.45) is 2.89. The maximum Gasteiger partial charge on any atom is 0.244 e. The summed E-state index contributed by atoms with van der Waals surface area (Å²) in [6.45, 7) is 1.83. The average Bonchev–Trinajstić information content (AvgIpc) is 3.32. The van der Waals surface area contributed by atoms with Crippen molar-refractivity contribution in [3.63, 3.8) is 0 Å². The topological polar surface area (TPSA) is 97.8 Å². The fraction of sp³-hybridized carbons (Fsp3) is 0.400. The van der Waals surface area contributed by atoms with Gasteiger partial charge in [0.05, 0.1) is 17.3 Å². The zero-order chi connectivity index (χ0) is 21.0. The Kier molecular flexibility index (Phi) is 6.45. The Morgan fingerprint density at radius 1 is 1.17 bits per heavy atom. The molecular formula is C20H23N3O5S2. The van der Waals surface area contributed by atoms with Crippen molar-refractivity contribution in [1.82, 2.24) is 14.6 Å². The molecule has 4 rings (SSSR count). The Bertz CT molecular complexity index is 992. The van der Waals surface area contributed by atoms with Crippen LogP contribution in [0.5, 0.6) is 11.5 Å². The third-order valence-corrected chi connectivity index (χ3v) is 7.68. The molecule has 2 aliphatic rings. The standard InChI is InChI=1S/C20H23N3O5S2/c24-19(21-11-15-13-27-17-5-1-2-6-18(17)28-15)14-29-20-8-7-16(12-22-20)30(25,26)23-9-3-4-10-23/h1-2,5-8,12,15H,3-4,9-11,13-14H2,(H,21,24)/t15-/m0/s1. The van der Waals surface area contributed by atoms with Crippen molar-refractivity contribution in [1.29, 1.82) is 0 Å². The molecule has 2 aromatic rings. The lowest BCUT2D eigenvalue weighted by molar-refractivity contribution is -0.119. The molecule has 1 fully saturated rings. The average molecular weight is 450 g/mol. The van der Waals surface area contributed by atoms with Crippen molar-refractivity contribution < 1.29 is 22.7 Å². The van der Waals surface area contributed by atoms with Crippen molar-refractivity contribution in [3.05, 3.63) is 42.6 Å². The van der Waals surface area contributed by atoms with Gasteiger partial charge in [-0.15, -0.1) is 0 Å². The Morgan fingerprint density at radius 2 is 1.93 bits per heavy atom. The molecule has 30 heavy (non-hydrogen) atoms. The lowest BCUT2D eigenvalue weighted by Gasteiger charge is -2.26. The minimum atomic E-state index is -3.47. The van der Waals surface area contributed by atoms with E-state index in [-0.39, 0.29) is 22.7 Å². The van der Waals surface area contributed by atoms with Gasteiger partial charge in [-0.25, -0.2) is 13.4 Å². The van der Waals surface area contributed by atoms with Crippen LogP contribution in [0.1, 0.15) is 12.8 Å². The van der Waals surface area contributed by atoms with E-state index >= 15 is 0 Å². The smallest absolute Gasteiger partial charge is 0.244 e. The molecule has 0 aliphatic carbocycles. The van der Waals surface area contributed by atoms with Gasteiger partial charge >= 0.3 is 0 Å². The summed E-state index contributed by atoms with van der Waals surface area (Å²) in [4.78, 5) is 16.5. The summed E-state index contributed by atoms with van der Waals surface area (Å²) >= 11 is 1.25. The van der Waals surface area contributed by atoms with Crippen LogP contribution in [0.15, 0.2) is 52.5 Å². The number of sulfonamides is 1. The van der Waals surface area contributed by atoms with Crippen molar-refractivity contribution in [2.24, 2.45) is 0 Å². The number of rotatable bonds is 7. The van der Waals surface area contributed by atoms with Gasteiger partial charge in [-0.1, -0.05) is 23.9 Å². The molecule has 0 unspecified atom stereocenters. The Balaban J connectivity index is 1.23. The van der Waals surface area contributed by atoms with Crippen molar-refractivity contribution in [3.8, 4) is 11.5 Å². The zero-order valence-electron chi connectivity index (χ0n) is 16.3. The number of amides is 1. The van der Waals surface area contributed by atoms with E-state index in [9.17, 15) is 13.2 Å². The SMILES string of the molecule is O=C(CSc1ccc(S(=O)(=O)N2CCCC2)cn1)NC[C@H]1COc2ccccc2O1. The maximum absolute atomic E-state index is 12.5. The van der Waals surface area contributed by atoms with Crippen LogP contribution in [0, 0.1) is 0 Å². The number of carbonyl (C=O) groups excluding carboxylic acids is 1. The minimum Gasteiger partial charge on any atom is -0.486 e. The summed E-state index contributed by atoms with van der Waals surface area (Å²) in [5.41, 5.74) is 0. The Morgan fingerprint density at radius 3 is 2.67 bits per heavy atom. The molecule has 1 N–H and O–H groups in total. The largest absolute Gasteiger partial charge is 0.486 e. The number of ether oxygens (including phenoxy) is 2. The highest BCUT2D eigenvalue weighted by atomic mass is 32.2. The molecule has 0 spiro atoms. The van der Waals surface area contributed by atoms with Gasteiger partial charge in [-0.3, -0.25) is 4.79 Å². The first kappa shape index (κ1) is 21.0. The second kappa shape index (κ2) is 9.23. The number of hydrogen-bond donors (Lipinski definition) is 1. The highest BCUT2D eigenvalue weighted by Crippen LogP contribution is 2.30. The highest BCUT2D eigenvalue weighted by molar-refractivity contribution is 7.99. The minimum absolute atomic E-state index is 0.155. The molecule has 2 aliphatic heterocycles. The molecule has 160 valence electrons. The van der Waals surface area contributed by atoms with E-state index in [4.69, 9.17) is 9.47 Å². The predicted octanol–water partition coefficient (Wildman–Crippen LogP) is 1.91. The van der Waals surface area contributed by atoms with E-state index in [1.807, 2.05) is 24.3 Å². The number of nitrogens with one attached hydrogen (secondary N) is 1. The molecule has 1 atom stereocenters. The molecule has 8 nitrogen and oxygen atoms in total. The first-order valence-electron chi connectivity index (χ1n) is 9.76. The molecule has 0 radical (unpaired) electrons. The van der Waals surface area contributed by atoms with E-state index in [0.29, 0.717) is 42.8 Å². The summed E-state index contributed by atoms with van der Waals surface area (Å²) in [7, 11) is -3.47. The number of thioether (sulfide) groups is 1. The van der Waals surface area contributed by atoms with Crippen LogP contribution in [0.4, 0.5) is 0 Å². The number of carbonyl (C=O) groups is 1. The molecule has 1 saturated heterocycles. The van der Waals surface area contributed by atoms with Gasteiger partial charge in [0.25, 0.3) is 0 Å². The second-order valence-electron chi connectivity index (χ2n) is 7.03. The van der Waals surface area contributed by atoms with Crippen molar-refractivity contribution in [2.45, 2.75) is 28.9 Å². The number of benzene rings is 1. The fourth-order valence-electron chi connectivity index (χ4n) is 3.26. The number of aromatic nitrogens is 1. The van der Waals surface area contributed by atoms with Gasteiger partial charge in [0, 0.05) is 19.3 Å². The highest BCUT2D eigenvalue weighted by Gasteiger charge is 2.27. The lowest BCUT2D eigenvalue weighted by Crippen LogP contribution is -2.41. The Hall–Kier alpha value is -2.30. The monoisotopic (exact) mass is 449 g/mol. The van der Waals surface area contributed by atoms with Gasteiger partial charge in [0.2, 0.25) is 15.9 Å². The molecule has 3 heterocycles. The molecule has 1 amide bonds. The quantitative estimate of drug-likeness (QED) is 0.645. The van der Waals surface area contributed by atoms with Gasteiger partial charge in [-0.2, -0.15) is 4.31 Å². The van der Waals surface area contributed by atoms with Gasteiger partial charge in [0.15, 0.2) is 11.5 Å². The normalized spacial score (nSPS) is 18.9. The van der Waals surface area contributed by atoms with E-state index in [1.54, 1.807) is 12.1 Å². The number of nitrogens with zero attached hydrogens (tertiary/aromatic N) is 2. The summed E-state index contributed by atoms with van der Waals surface area (Å²) in [6, 6.07) is 10.6. The summed E-state index contributed by atoms with van der Waals surface area (Å²) in [5.74, 6) is 1.40. The van der Waals surface area contributed by atoms with E-state index < -0.39 is 10.0 Å². The van der Waals surface area contributed by atoms with Crippen LogP contribution in [-0.4, -0.2) is 61.7 Å². The van der Waals surface area contributed by atoms with E-state index in [2.05, 4.69) is 10.3 Å². The maximum atomic E-state index is 12.5. The Labute approximate surface area is 180 Å². The van der Waals surface area contributed by atoms with Crippen LogP contribution in [0.2, 0.25) is 0 Å². The van der Waals surface area contributed by atoms with Crippen LogP contribution in [0.25, 0.3) is 0 Å². The number of para-hydroxylation sites is 2. The lowest BCUT2D eigenvalue weighted by atomic mass is 10.2. The van der Waals surface area contributed by atoms with Gasteiger partial charge < -0.3 is 14.8 Å². The fourth-order valence-corrected chi connectivity index (χ4v) is 5.40. The third-order valence-electron chi connectivity index (χ3n) is 4.86. The second-order valence-corrected chi connectivity index (χ2v) is 9.97. The molecule has 1 aromatic heterocycles. The van der Waals surface area contributed by atoms with Gasteiger partial charge in [-0.05, 0) is 37.1 Å². The first-order valence-corrected chi connectivity index (χ1v) is 12.2. The molecular weight excluding hydrogens is 426 g/mol. The van der Waals surface area contributed by atoms with Crippen LogP contribution in [0.3, 0.4) is 0 Å². The van der Waals surface area contributed by atoms with Crippen LogP contribution < -0.4 is 14.8 Å². The predicted molar refractivity (Wildman–Crippen MR) is 112 cm³/mol. The first-order chi connectivity index (χ1) is 14.5. The zero-order valence-corrected chi connectivity index (χ0v) is 18.0. The van der Waals surface area contributed by atoms with E-state index in [1.165, 1.54) is 22.3 Å². The number of hydrogen-bond acceptors (Lipinski definition) is 7. The van der Waals surface area contributed by atoms with Crippen molar-refractivity contribution in [2.75, 3.05) is 32.0 Å². The van der Waals surface area contributed by atoms with Gasteiger partial charge in [0.1, 0.15) is 17.6 Å². The number of fused-ring (bicyclic) bond motifs is 1. The summed E-state index contributed by atoms with van der Waals surface area (Å²) < 4.78 is 38.0. The molecule has 10 heteroatoms. The van der Waals surface area contributed by atoms with Crippen molar-refractivity contribution >= 4 is 27.7 Å². The summed E-state index contributed by atoms with van der Waals surface area (Å²) in [5, 5.41) is 3.43.